The van der Waals surface area contributed by atoms with Crippen LogP contribution in [0.25, 0.3) is 4.85 Å². The van der Waals surface area contributed by atoms with Crippen LogP contribution in [-0.4, -0.2) is 86.5 Å². The van der Waals surface area contributed by atoms with E-state index in [1.807, 2.05) is 13.0 Å². The second-order valence-corrected chi connectivity index (χ2v) is 13.4. The minimum Gasteiger partial charge on any atom is -0.545 e. The second-order valence-electron chi connectivity index (χ2n) is 10.4. The molecule has 2 aromatic rings. The zero-order valence-electron chi connectivity index (χ0n) is 26.5. The van der Waals surface area contributed by atoms with E-state index in [0.717, 1.165) is 6.61 Å². The molecule has 4 rings (SSSR count). The molecule has 1 N–H and O–H groups in total. The minimum absolute atomic E-state index is 0. The average Bonchev–Trinajstić information content (AvgIpc) is 3.56. The SMILES string of the molecule is O=[C-]c1ccccc1.[C-]#[N+]CCOP(=S)(OC[C@H]1O[CH-][C@@H](F)C1C)OC1[C@@H](CC)O[C@@H](n2cc(C)c(=O)[nH]c2=O)[C@H]1OCCOC.[U+2]. The first-order chi connectivity index (χ1) is 22.1. The van der Waals surface area contributed by atoms with Crippen LogP contribution in [0.3, 0.4) is 0 Å². The van der Waals surface area contributed by atoms with Crippen molar-refractivity contribution in [2.45, 2.75) is 64.0 Å². The Morgan fingerprint density at radius 3 is 2.47 bits per heavy atom. The van der Waals surface area contributed by atoms with Gasteiger partial charge in [-0.3, -0.25) is 23.3 Å². The Morgan fingerprint density at radius 1 is 1.17 bits per heavy atom. The summed E-state index contributed by atoms with van der Waals surface area (Å²) in [6, 6.07) is 8.90. The summed E-state index contributed by atoms with van der Waals surface area (Å²) in [4.78, 5) is 40.1. The van der Waals surface area contributed by atoms with Crippen LogP contribution in [0.2, 0.25) is 0 Å². The first kappa shape index (κ1) is 41.6. The molecule has 2 aliphatic heterocycles. The molecule has 13 nitrogen and oxygen atoms in total. The molecule has 17 heteroatoms. The summed E-state index contributed by atoms with van der Waals surface area (Å²) in [5.74, 6) is -0.454. The predicted octanol–water partition coefficient (Wildman–Crippen LogP) is 3.43. The molecule has 8 atom stereocenters. The first-order valence-electron chi connectivity index (χ1n) is 14.6. The normalized spacial score (nSPS) is 26.3. The molecule has 47 heavy (non-hydrogen) atoms. The van der Waals surface area contributed by atoms with Crippen molar-refractivity contribution in [1.29, 1.82) is 0 Å². The number of carbonyl (C=O) groups excluding carboxylic acids is 1. The van der Waals surface area contributed by atoms with Crippen molar-refractivity contribution in [3.8, 4) is 0 Å². The summed E-state index contributed by atoms with van der Waals surface area (Å²) in [5.41, 5.74) is -0.262. The maximum atomic E-state index is 13.9. The van der Waals surface area contributed by atoms with Gasteiger partial charge in [0.15, 0.2) is 6.23 Å². The van der Waals surface area contributed by atoms with Gasteiger partial charge in [-0.1, -0.05) is 19.9 Å². The van der Waals surface area contributed by atoms with Gasteiger partial charge in [-0.15, -0.1) is 12.1 Å². The monoisotopic (exact) mass is 921 g/mol. The Kier molecular flexibility index (Phi) is 18.4. The maximum absolute atomic E-state index is 13.9. The number of aromatic nitrogens is 2. The van der Waals surface area contributed by atoms with Crippen molar-refractivity contribution in [2.24, 2.45) is 5.92 Å². The molecule has 0 bridgehead atoms. The third kappa shape index (κ3) is 12.1. The molecule has 1 aromatic heterocycles. The minimum atomic E-state index is -3.53. The van der Waals surface area contributed by atoms with Crippen molar-refractivity contribution in [2.75, 3.05) is 40.1 Å². The van der Waals surface area contributed by atoms with Gasteiger partial charge in [0.05, 0.1) is 38.3 Å². The van der Waals surface area contributed by atoms with Crippen molar-refractivity contribution in [3.63, 3.8) is 0 Å². The number of methoxy groups -OCH3 is 1. The number of rotatable bonds is 15. The quantitative estimate of drug-likeness (QED) is 0.160. The number of hydrogen-bond donors (Lipinski definition) is 1. The Hall–Kier alpha value is -1.59. The van der Waals surface area contributed by atoms with Gasteiger partial charge in [0.1, 0.15) is 18.8 Å². The average molecular weight is 922 g/mol. The number of alkyl halides is 1. The molecule has 256 valence electrons. The summed E-state index contributed by atoms with van der Waals surface area (Å²) in [7, 11) is 1.52. The summed E-state index contributed by atoms with van der Waals surface area (Å²) in [5, 5.41) is 0. The number of nitrogens with zero attached hydrogens (tertiary/aromatic N) is 2. The summed E-state index contributed by atoms with van der Waals surface area (Å²) < 4.78 is 55.9. The van der Waals surface area contributed by atoms with Crippen LogP contribution in [0.5, 0.6) is 0 Å². The van der Waals surface area contributed by atoms with Gasteiger partial charge in [0.2, 0.25) is 6.54 Å². The van der Waals surface area contributed by atoms with Crippen LogP contribution in [-0.2, 0) is 49.1 Å². The van der Waals surface area contributed by atoms with Crippen LogP contribution < -0.4 is 11.2 Å². The van der Waals surface area contributed by atoms with E-state index in [9.17, 15) is 18.8 Å². The number of benzene rings is 1. The van der Waals surface area contributed by atoms with Gasteiger partial charge < -0.3 is 37.6 Å². The molecule has 0 saturated carbocycles. The maximum Gasteiger partial charge on any atom is 2.00 e. The first-order valence-corrected chi connectivity index (χ1v) is 17.2. The molecule has 1 aromatic carbocycles. The molecule has 3 heterocycles. The van der Waals surface area contributed by atoms with Crippen molar-refractivity contribution in [3.05, 3.63) is 86.5 Å². The van der Waals surface area contributed by atoms with Crippen LogP contribution in [0, 0.1) is 57.1 Å². The number of halogens is 1. The van der Waals surface area contributed by atoms with Gasteiger partial charge in [-0.2, -0.15) is 24.3 Å². The van der Waals surface area contributed by atoms with E-state index in [1.54, 1.807) is 44.4 Å². The topological polar surface area (TPSA) is 141 Å². The number of nitrogens with one attached hydrogen (secondary N) is 1. The van der Waals surface area contributed by atoms with E-state index in [4.69, 9.17) is 50.9 Å². The number of H-pyrrole nitrogens is 1. The molecule has 0 aliphatic carbocycles. The molecule has 2 aliphatic rings. The second kappa shape index (κ2) is 20.8. The smallest absolute Gasteiger partial charge is 0.545 e. The largest absolute Gasteiger partial charge is 2.00 e. The Labute approximate surface area is 302 Å². The molecule has 2 fully saturated rings. The van der Waals surface area contributed by atoms with Gasteiger partial charge >= 0.3 is 43.5 Å². The van der Waals surface area contributed by atoms with Gasteiger partial charge in [0, 0.05) is 25.0 Å². The fourth-order valence-corrected chi connectivity index (χ4v) is 6.63. The Bertz CT molecular complexity index is 1460. The number of aromatic amines is 1. The van der Waals surface area contributed by atoms with Crippen molar-refractivity contribution >= 4 is 24.8 Å². The van der Waals surface area contributed by atoms with Gasteiger partial charge in [-0.05, 0) is 31.1 Å². The fraction of sp³-hybridized carbons (Fsp3) is 0.567. The molecular formula is C30H39FN3O10PSU. The van der Waals surface area contributed by atoms with E-state index in [-0.39, 0.29) is 64.1 Å². The Balaban J connectivity index is 0.000000744. The van der Waals surface area contributed by atoms with E-state index < -0.39 is 60.7 Å². The molecule has 0 spiro atoms. The molecule has 0 radical (unpaired) electrons. The fourth-order valence-electron chi connectivity index (χ4n) is 4.54. The predicted molar refractivity (Wildman–Crippen MR) is 169 cm³/mol. The number of aryl methyl sites for hydroxylation is 1. The zero-order valence-corrected chi connectivity index (χ0v) is 32.4. The van der Waals surface area contributed by atoms with Crippen LogP contribution in [0.4, 0.5) is 4.39 Å². The van der Waals surface area contributed by atoms with E-state index in [0.29, 0.717) is 17.5 Å². The van der Waals surface area contributed by atoms with Crippen molar-refractivity contribution < 1.29 is 72.8 Å². The third-order valence-electron chi connectivity index (χ3n) is 7.17. The molecule has 0 amide bonds. The Morgan fingerprint density at radius 2 is 1.89 bits per heavy atom. The molecule has 2 saturated heterocycles. The van der Waals surface area contributed by atoms with Gasteiger partial charge in [-0.25, -0.2) is 11.4 Å². The summed E-state index contributed by atoms with van der Waals surface area (Å²) >= 11 is 5.69. The van der Waals surface area contributed by atoms with E-state index in [2.05, 4.69) is 9.83 Å². The van der Waals surface area contributed by atoms with Crippen LogP contribution >= 0.6 is 6.72 Å². The van der Waals surface area contributed by atoms with Gasteiger partial charge in [0.25, 0.3) is 5.56 Å². The third-order valence-corrected chi connectivity index (χ3v) is 9.53. The standard InChI is InChI=1S/C23H34FN3O9PS.C7H5O.U/c1-6-17-19(36-37(38,33-8-7-25-4)34-13-18-15(3)16(24)12-32-18)20(31-10-9-30-5)22(35-17)27-11-14(2)21(28)26-23(27)29;8-6-7-4-2-1-3-5-7;/h11-12,15-20,22H,6-10,13H2,1-3,5H3,(H,26,28,29);1-5H;/q2*-1;+2/t15?,16-,17-,18-,19?,20+,22-,37?;;/m1../s1. The van der Waals surface area contributed by atoms with Crippen molar-refractivity contribution in [1.82, 2.24) is 9.55 Å². The number of hydrogen-bond acceptors (Lipinski definition) is 11. The van der Waals surface area contributed by atoms with E-state index in [1.165, 1.54) is 17.9 Å². The molecule has 3 unspecified atom stereocenters. The van der Waals surface area contributed by atoms with Crippen LogP contribution in [0.15, 0.2) is 46.1 Å². The number of ether oxygens (including phenoxy) is 4. The van der Waals surface area contributed by atoms with Crippen LogP contribution in [0.1, 0.15) is 37.6 Å². The molecular weight excluding hydrogens is 882 g/mol. The zero-order chi connectivity index (χ0) is 33.7. The summed E-state index contributed by atoms with van der Waals surface area (Å²) in [6.07, 6.45) is -1.46. The van der Waals surface area contributed by atoms with E-state index >= 15 is 0 Å². The summed E-state index contributed by atoms with van der Waals surface area (Å²) in [6.45, 7) is 10.1.